The molecule has 1 aliphatic heterocycles. The van der Waals surface area contributed by atoms with Gasteiger partial charge in [-0.15, -0.1) is 11.3 Å². The third kappa shape index (κ3) is 1.49. The van der Waals surface area contributed by atoms with Gasteiger partial charge in [-0.25, -0.2) is 4.98 Å². The van der Waals surface area contributed by atoms with Gasteiger partial charge in [0.25, 0.3) is 0 Å². The van der Waals surface area contributed by atoms with E-state index in [1.54, 1.807) is 0 Å². The Balaban J connectivity index is 2.04. The fraction of sp³-hybridized carbons (Fsp3) is 0.417. The molecule has 2 aromatic heterocycles. The first kappa shape index (κ1) is 10.1. The molecule has 84 valence electrons. The molecule has 3 heterocycles. The van der Waals surface area contributed by atoms with Crippen molar-refractivity contribution in [2.24, 2.45) is 0 Å². The standard InChI is InChI=1S/C12H15N3S/c1-2-15-8-13-7-10(15)11-12-9(3-5-14-11)4-6-16-12/h4,6-8,11,14H,2-3,5H2,1H3. The van der Waals surface area contributed by atoms with Gasteiger partial charge in [-0.1, -0.05) is 0 Å². The molecule has 4 heteroatoms. The minimum absolute atomic E-state index is 0.339. The Labute approximate surface area is 99.1 Å². The van der Waals surface area contributed by atoms with Crippen LogP contribution in [-0.4, -0.2) is 16.1 Å². The van der Waals surface area contributed by atoms with E-state index in [-0.39, 0.29) is 0 Å². The average molecular weight is 233 g/mol. The summed E-state index contributed by atoms with van der Waals surface area (Å²) in [4.78, 5) is 5.71. The lowest BCUT2D eigenvalue weighted by Crippen LogP contribution is -2.30. The van der Waals surface area contributed by atoms with Crippen LogP contribution in [0.4, 0.5) is 0 Å². The first-order valence-corrected chi connectivity index (χ1v) is 6.57. The summed E-state index contributed by atoms with van der Waals surface area (Å²) in [6.07, 6.45) is 5.05. The number of imidazole rings is 1. The molecule has 16 heavy (non-hydrogen) atoms. The summed E-state index contributed by atoms with van der Waals surface area (Å²) >= 11 is 1.85. The first-order chi connectivity index (χ1) is 7.90. The summed E-state index contributed by atoms with van der Waals surface area (Å²) in [5.74, 6) is 0. The van der Waals surface area contributed by atoms with Crippen LogP contribution < -0.4 is 5.32 Å². The van der Waals surface area contributed by atoms with Crippen LogP contribution in [0.1, 0.15) is 29.1 Å². The molecule has 0 spiro atoms. The maximum atomic E-state index is 4.25. The molecule has 2 aromatic rings. The van der Waals surface area contributed by atoms with E-state index >= 15 is 0 Å². The van der Waals surface area contributed by atoms with Crippen molar-refractivity contribution in [2.75, 3.05) is 6.54 Å². The number of hydrogen-bond acceptors (Lipinski definition) is 3. The van der Waals surface area contributed by atoms with E-state index in [1.807, 2.05) is 23.9 Å². The molecule has 0 saturated carbocycles. The minimum atomic E-state index is 0.339. The van der Waals surface area contributed by atoms with Crippen LogP contribution in [0.3, 0.4) is 0 Å². The maximum absolute atomic E-state index is 4.25. The Hall–Kier alpha value is -1.13. The normalized spacial score (nSPS) is 19.7. The zero-order valence-corrected chi connectivity index (χ0v) is 10.1. The predicted octanol–water partition coefficient (Wildman–Crippen LogP) is 2.20. The third-order valence-corrected chi connectivity index (χ3v) is 4.19. The zero-order valence-electron chi connectivity index (χ0n) is 9.31. The summed E-state index contributed by atoms with van der Waals surface area (Å²) in [7, 11) is 0. The molecule has 0 radical (unpaired) electrons. The topological polar surface area (TPSA) is 29.9 Å². The van der Waals surface area contributed by atoms with Crippen molar-refractivity contribution in [3.05, 3.63) is 40.1 Å². The van der Waals surface area contributed by atoms with Gasteiger partial charge in [0.05, 0.1) is 24.3 Å². The van der Waals surface area contributed by atoms with Gasteiger partial charge < -0.3 is 9.88 Å². The van der Waals surface area contributed by atoms with Crippen LogP contribution in [0.2, 0.25) is 0 Å². The van der Waals surface area contributed by atoms with E-state index in [9.17, 15) is 0 Å². The number of nitrogens with zero attached hydrogens (tertiary/aromatic N) is 2. The van der Waals surface area contributed by atoms with Crippen LogP contribution in [0.5, 0.6) is 0 Å². The minimum Gasteiger partial charge on any atom is -0.333 e. The number of thiophene rings is 1. The number of hydrogen-bond donors (Lipinski definition) is 1. The lowest BCUT2D eigenvalue weighted by Gasteiger charge is -2.24. The largest absolute Gasteiger partial charge is 0.333 e. The summed E-state index contributed by atoms with van der Waals surface area (Å²) < 4.78 is 2.21. The summed E-state index contributed by atoms with van der Waals surface area (Å²) in [6.45, 7) is 4.20. The molecule has 1 unspecified atom stereocenters. The van der Waals surface area contributed by atoms with Gasteiger partial charge in [0.15, 0.2) is 0 Å². The van der Waals surface area contributed by atoms with E-state index in [1.165, 1.54) is 16.1 Å². The van der Waals surface area contributed by atoms with E-state index in [4.69, 9.17) is 0 Å². The number of rotatable bonds is 2. The van der Waals surface area contributed by atoms with Gasteiger partial charge in [0, 0.05) is 18.0 Å². The van der Waals surface area contributed by atoms with Gasteiger partial charge in [-0.2, -0.15) is 0 Å². The highest BCUT2D eigenvalue weighted by Gasteiger charge is 2.24. The molecular formula is C12H15N3S. The van der Waals surface area contributed by atoms with Crippen molar-refractivity contribution < 1.29 is 0 Å². The van der Waals surface area contributed by atoms with Crippen LogP contribution >= 0.6 is 11.3 Å². The fourth-order valence-corrected chi connectivity index (χ4v) is 3.37. The molecule has 1 N–H and O–H groups in total. The molecule has 1 atom stereocenters. The van der Waals surface area contributed by atoms with Crippen LogP contribution in [0.25, 0.3) is 0 Å². The molecule has 3 nitrogen and oxygen atoms in total. The SMILES string of the molecule is CCn1cncc1C1NCCc2ccsc21. The van der Waals surface area contributed by atoms with E-state index in [0.717, 1.165) is 19.5 Å². The highest BCUT2D eigenvalue weighted by molar-refractivity contribution is 7.10. The highest BCUT2D eigenvalue weighted by Crippen LogP contribution is 2.32. The molecular weight excluding hydrogens is 218 g/mol. The first-order valence-electron chi connectivity index (χ1n) is 5.70. The second-order valence-corrected chi connectivity index (χ2v) is 5.00. The van der Waals surface area contributed by atoms with E-state index in [2.05, 4.69) is 33.2 Å². The van der Waals surface area contributed by atoms with Gasteiger partial charge in [0.2, 0.25) is 0 Å². The van der Waals surface area contributed by atoms with Gasteiger partial charge >= 0.3 is 0 Å². The van der Waals surface area contributed by atoms with Crippen molar-refractivity contribution >= 4 is 11.3 Å². The quantitative estimate of drug-likeness (QED) is 0.862. The Morgan fingerprint density at radius 2 is 2.56 bits per heavy atom. The van der Waals surface area contributed by atoms with Crippen LogP contribution in [-0.2, 0) is 13.0 Å². The lowest BCUT2D eigenvalue weighted by atomic mass is 10.0. The van der Waals surface area contributed by atoms with Crippen molar-refractivity contribution in [2.45, 2.75) is 25.9 Å². The van der Waals surface area contributed by atoms with Gasteiger partial charge in [-0.3, -0.25) is 0 Å². The number of aryl methyl sites for hydroxylation is 1. The number of fused-ring (bicyclic) bond motifs is 1. The van der Waals surface area contributed by atoms with Gasteiger partial charge in [-0.05, 0) is 30.4 Å². The molecule has 0 fully saturated rings. The molecule has 1 aliphatic rings. The summed E-state index contributed by atoms with van der Waals surface area (Å²) in [6, 6.07) is 2.59. The van der Waals surface area contributed by atoms with Crippen molar-refractivity contribution in [3.63, 3.8) is 0 Å². The fourth-order valence-electron chi connectivity index (χ4n) is 2.33. The molecule has 0 aliphatic carbocycles. The summed E-state index contributed by atoms with van der Waals surface area (Å²) in [5, 5.41) is 5.78. The predicted molar refractivity (Wildman–Crippen MR) is 65.8 cm³/mol. The van der Waals surface area contributed by atoms with Crippen molar-refractivity contribution in [1.29, 1.82) is 0 Å². The Morgan fingerprint density at radius 1 is 1.62 bits per heavy atom. The lowest BCUT2D eigenvalue weighted by molar-refractivity contribution is 0.540. The Bertz CT molecular complexity index is 486. The molecule has 3 rings (SSSR count). The maximum Gasteiger partial charge on any atom is 0.0948 e. The van der Waals surface area contributed by atoms with E-state index < -0.39 is 0 Å². The monoisotopic (exact) mass is 233 g/mol. The second-order valence-electron chi connectivity index (χ2n) is 4.05. The summed E-state index contributed by atoms with van der Waals surface area (Å²) in [5.41, 5.74) is 2.78. The van der Waals surface area contributed by atoms with Crippen LogP contribution in [0, 0.1) is 0 Å². The zero-order chi connectivity index (χ0) is 11.0. The highest BCUT2D eigenvalue weighted by atomic mass is 32.1. The molecule has 0 bridgehead atoms. The Kier molecular flexibility index (Phi) is 2.53. The molecule has 0 aromatic carbocycles. The average Bonchev–Trinajstić information content (AvgIpc) is 2.96. The number of aromatic nitrogens is 2. The molecule has 0 amide bonds. The molecule has 0 saturated heterocycles. The smallest absolute Gasteiger partial charge is 0.0948 e. The van der Waals surface area contributed by atoms with Gasteiger partial charge in [0.1, 0.15) is 0 Å². The van der Waals surface area contributed by atoms with Crippen LogP contribution in [0.15, 0.2) is 24.0 Å². The van der Waals surface area contributed by atoms with Crippen molar-refractivity contribution in [3.8, 4) is 0 Å². The van der Waals surface area contributed by atoms with E-state index in [0.29, 0.717) is 6.04 Å². The number of nitrogens with one attached hydrogen (secondary N) is 1. The third-order valence-electron chi connectivity index (χ3n) is 3.17. The Morgan fingerprint density at radius 3 is 3.44 bits per heavy atom. The van der Waals surface area contributed by atoms with Crippen molar-refractivity contribution in [1.82, 2.24) is 14.9 Å². The second kappa shape index (κ2) is 4.03.